The van der Waals surface area contributed by atoms with Gasteiger partial charge in [0.2, 0.25) is 0 Å². The molecule has 0 unspecified atom stereocenters. The third-order valence-electron chi connectivity index (χ3n) is 3.66. The van der Waals surface area contributed by atoms with Crippen LogP contribution in [-0.4, -0.2) is 34.4 Å². The van der Waals surface area contributed by atoms with Crippen LogP contribution in [0.1, 0.15) is 43.1 Å². The van der Waals surface area contributed by atoms with Crippen LogP contribution < -0.4 is 5.73 Å². The molecule has 0 bridgehead atoms. The second-order valence-electron chi connectivity index (χ2n) is 4.89. The molecule has 1 heterocycles. The lowest BCUT2D eigenvalue weighted by Crippen LogP contribution is -2.44. The number of nitrogens with zero attached hydrogens (tertiary/aromatic N) is 1. The van der Waals surface area contributed by atoms with E-state index in [1.165, 1.54) is 0 Å². The molecule has 5 heteroatoms. The number of nitrogens with one attached hydrogen (secondary N) is 1. The summed E-state index contributed by atoms with van der Waals surface area (Å²) in [4.78, 5) is 17.2. The number of hydrogen-bond donors (Lipinski definition) is 2. The van der Waals surface area contributed by atoms with Crippen molar-refractivity contribution in [1.29, 1.82) is 0 Å². The van der Waals surface area contributed by atoms with E-state index in [1.54, 1.807) is 12.3 Å². The van der Waals surface area contributed by atoms with Crippen molar-refractivity contribution in [3.63, 3.8) is 0 Å². The molecular weight excluding hydrogens is 250 g/mol. The van der Waals surface area contributed by atoms with Gasteiger partial charge < -0.3 is 15.6 Å². The predicted octanol–water partition coefficient (Wildman–Crippen LogP) is 2.40. The molecule has 1 saturated carbocycles. The molecule has 0 aromatic carbocycles. The van der Waals surface area contributed by atoms with Gasteiger partial charge in [-0.05, 0) is 38.7 Å². The van der Waals surface area contributed by atoms with Crippen molar-refractivity contribution in [3.8, 4) is 0 Å². The summed E-state index contributed by atoms with van der Waals surface area (Å²) in [5, 5.41) is 0.570. The van der Waals surface area contributed by atoms with Crippen LogP contribution in [0.3, 0.4) is 0 Å². The van der Waals surface area contributed by atoms with Gasteiger partial charge in [0.15, 0.2) is 0 Å². The first-order valence-electron chi connectivity index (χ1n) is 6.52. The largest absolute Gasteiger partial charge is 0.356 e. The van der Waals surface area contributed by atoms with Crippen LogP contribution in [0.25, 0.3) is 0 Å². The van der Waals surface area contributed by atoms with Crippen LogP contribution >= 0.6 is 11.6 Å². The number of carbonyl (C=O) groups excluding carboxylic acids is 1. The molecule has 1 aliphatic rings. The van der Waals surface area contributed by atoms with E-state index >= 15 is 0 Å². The summed E-state index contributed by atoms with van der Waals surface area (Å²) in [5.74, 6) is 0.0323. The van der Waals surface area contributed by atoms with E-state index in [0.717, 1.165) is 32.2 Å². The summed E-state index contributed by atoms with van der Waals surface area (Å²) in [7, 11) is 0. The summed E-state index contributed by atoms with van der Waals surface area (Å²) >= 11 is 5.84. The van der Waals surface area contributed by atoms with Crippen LogP contribution in [0.2, 0.25) is 5.02 Å². The summed E-state index contributed by atoms with van der Waals surface area (Å²) in [5.41, 5.74) is 6.47. The van der Waals surface area contributed by atoms with Crippen LogP contribution in [0.5, 0.6) is 0 Å². The number of hydrogen-bond acceptors (Lipinski definition) is 2. The Hall–Kier alpha value is -1.00. The standard InChI is InChI=1S/C13H20ClN3O/c1-2-17(11-5-3-10(15)4-6-11)13(18)12-7-9(14)8-16-12/h7-8,10-11,16H,2-6,15H2,1H3. The Morgan fingerprint density at radius 1 is 1.50 bits per heavy atom. The maximum absolute atomic E-state index is 12.4. The van der Waals surface area contributed by atoms with Gasteiger partial charge in [0.1, 0.15) is 5.69 Å². The minimum absolute atomic E-state index is 0.0323. The first kappa shape index (κ1) is 13.4. The maximum atomic E-state index is 12.4. The summed E-state index contributed by atoms with van der Waals surface area (Å²) < 4.78 is 0. The predicted molar refractivity (Wildman–Crippen MR) is 72.7 cm³/mol. The highest BCUT2D eigenvalue weighted by Gasteiger charge is 2.27. The minimum atomic E-state index is 0.0323. The van der Waals surface area contributed by atoms with Gasteiger partial charge in [-0.3, -0.25) is 4.79 Å². The fourth-order valence-electron chi connectivity index (χ4n) is 2.63. The van der Waals surface area contributed by atoms with E-state index < -0.39 is 0 Å². The fraction of sp³-hybridized carbons (Fsp3) is 0.615. The maximum Gasteiger partial charge on any atom is 0.270 e. The number of amides is 1. The molecular formula is C13H20ClN3O. The van der Waals surface area contributed by atoms with E-state index in [1.807, 2.05) is 11.8 Å². The van der Waals surface area contributed by atoms with E-state index in [9.17, 15) is 4.79 Å². The molecule has 0 radical (unpaired) electrons. The van der Waals surface area contributed by atoms with Crippen LogP contribution in [-0.2, 0) is 0 Å². The topological polar surface area (TPSA) is 62.1 Å². The zero-order chi connectivity index (χ0) is 13.1. The van der Waals surface area contributed by atoms with Gasteiger partial charge in [0.05, 0.1) is 5.02 Å². The van der Waals surface area contributed by atoms with Gasteiger partial charge in [0, 0.05) is 24.8 Å². The number of carbonyl (C=O) groups is 1. The zero-order valence-electron chi connectivity index (χ0n) is 10.7. The third-order valence-corrected chi connectivity index (χ3v) is 3.88. The number of nitrogens with two attached hydrogens (primary N) is 1. The second kappa shape index (κ2) is 5.76. The molecule has 0 atom stereocenters. The molecule has 1 aromatic rings. The zero-order valence-corrected chi connectivity index (χ0v) is 11.4. The summed E-state index contributed by atoms with van der Waals surface area (Å²) in [6.45, 7) is 2.73. The highest BCUT2D eigenvalue weighted by atomic mass is 35.5. The molecule has 0 saturated heterocycles. The molecule has 1 amide bonds. The lowest BCUT2D eigenvalue weighted by molar-refractivity contribution is 0.0635. The van der Waals surface area contributed by atoms with Gasteiger partial charge in [-0.2, -0.15) is 0 Å². The molecule has 1 aliphatic carbocycles. The first-order valence-corrected chi connectivity index (χ1v) is 6.90. The van der Waals surface area contributed by atoms with Gasteiger partial charge in [-0.25, -0.2) is 0 Å². The Labute approximate surface area is 112 Å². The van der Waals surface area contributed by atoms with Crippen molar-refractivity contribution in [2.75, 3.05) is 6.54 Å². The Morgan fingerprint density at radius 3 is 2.67 bits per heavy atom. The molecule has 100 valence electrons. The molecule has 3 N–H and O–H groups in total. The van der Waals surface area contributed by atoms with Crippen molar-refractivity contribution < 1.29 is 4.79 Å². The molecule has 0 spiro atoms. The van der Waals surface area contributed by atoms with Crippen LogP contribution in [0, 0.1) is 0 Å². The van der Waals surface area contributed by atoms with E-state index in [2.05, 4.69) is 4.98 Å². The number of aromatic nitrogens is 1. The molecule has 18 heavy (non-hydrogen) atoms. The van der Waals surface area contributed by atoms with Crippen molar-refractivity contribution in [1.82, 2.24) is 9.88 Å². The second-order valence-corrected chi connectivity index (χ2v) is 5.33. The Kier molecular flexibility index (Phi) is 4.30. The Morgan fingerprint density at radius 2 is 2.17 bits per heavy atom. The lowest BCUT2D eigenvalue weighted by atomic mass is 9.90. The highest BCUT2D eigenvalue weighted by molar-refractivity contribution is 6.30. The van der Waals surface area contributed by atoms with E-state index in [-0.39, 0.29) is 5.91 Å². The Balaban J connectivity index is 2.06. The number of aromatic amines is 1. The molecule has 4 nitrogen and oxygen atoms in total. The minimum Gasteiger partial charge on any atom is -0.356 e. The fourth-order valence-corrected chi connectivity index (χ4v) is 2.79. The molecule has 0 aliphatic heterocycles. The molecule has 1 fully saturated rings. The Bertz CT molecular complexity index is 410. The summed E-state index contributed by atoms with van der Waals surface area (Å²) in [6.07, 6.45) is 5.63. The summed E-state index contributed by atoms with van der Waals surface area (Å²) in [6, 6.07) is 2.29. The van der Waals surface area contributed by atoms with Crippen molar-refractivity contribution in [3.05, 3.63) is 23.0 Å². The van der Waals surface area contributed by atoms with Gasteiger partial charge in [-0.1, -0.05) is 11.6 Å². The lowest BCUT2D eigenvalue weighted by Gasteiger charge is -2.35. The van der Waals surface area contributed by atoms with E-state index in [0.29, 0.717) is 22.8 Å². The monoisotopic (exact) mass is 269 g/mol. The number of halogens is 1. The van der Waals surface area contributed by atoms with Crippen molar-refractivity contribution in [2.45, 2.75) is 44.7 Å². The average molecular weight is 270 g/mol. The highest BCUT2D eigenvalue weighted by Crippen LogP contribution is 2.23. The SMILES string of the molecule is CCN(C(=O)c1cc(Cl)c[nH]1)C1CCC(N)CC1. The average Bonchev–Trinajstić information content (AvgIpc) is 2.79. The molecule has 1 aromatic heterocycles. The van der Waals surface area contributed by atoms with Crippen LogP contribution in [0.15, 0.2) is 12.3 Å². The smallest absolute Gasteiger partial charge is 0.270 e. The van der Waals surface area contributed by atoms with E-state index in [4.69, 9.17) is 17.3 Å². The molecule has 2 rings (SSSR count). The first-order chi connectivity index (χ1) is 8.61. The van der Waals surface area contributed by atoms with Crippen molar-refractivity contribution >= 4 is 17.5 Å². The van der Waals surface area contributed by atoms with Gasteiger partial charge in [0.25, 0.3) is 5.91 Å². The normalized spacial score (nSPS) is 23.9. The third kappa shape index (κ3) is 2.87. The number of H-pyrrole nitrogens is 1. The quantitative estimate of drug-likeness (QED) is 0.885. The van der Waals surface area contributed by atoms with Crippen LogP contribution in [0.4, 0.5) is 0 Å². The van der Waals surface area contributed by atoms with Crippen molar-refractivity contribution in [2.24, 2.45) is 5.73 Å². The van der Waals surface area contributed by atoms with Gasteiger partial charge >= 0.3 is 0 Å². The number of rotatable bonds is 3. The van der Waals surface area contributed by atoms with Gasteiger partial charge in [-0.15, -0.1) is 0 Å².